The molecule has 1 aliphatic heterocycles. The molecule has 6 heteroatoms. The van der Waals surface area contributed by atoms with Gasteiger partial charge in [0, 0.05) is 36.6 Å². The quantitative estimate of drug-likeness (QED) is 0.642. The van der Waals surface area contributed by atoms with Gasteiger partial charge in [0.05, 0.1) is 40.2 Å². The SMILES string of the molecule is COc1cc(OC)c(C2c3cccn3CCCN2Cc2ccco2)cc1OC. The molecule has 0 N–H and O–H groups in total. The summed E-state index contributed by atoms with van der Waals surface area (Å²) in [5.41, 5.74) is 2.28. The first-order valence-corrected chi connectivity index (χ1v) is 9.46. The molecule has 0 radical (unpaired) electrons. The summed E-state index contributed by atoms with van der Waals surface area (Å²) in [7, 11) is 4.98. The Bertz CT molecular complexity index is 917. The maximum absolute atomic E-state index is 5.76. The lowest BCUT2D eigenvalue weighted by molar-refractivity contribution is 0.199. The summed E-state index contributed by atoms with van der Waals surface area (Å²) in [6.45, 7) is 2.66. The molecule has 0 spiro atoms. The third-order valence-electron chi connectivity index (χ3n) is 5.32. The fraction of sp³-hybridized carbons (Fsp3) is 0.364. The molecule has 0 bridgehead atoms. The first-order valence-electron chi connectivity index (χ1n) is 9.46. The molecule has 1 unspecified atom stereocenters. The molecule has 0 aliphatic carbocycles. The maximum Gasteiger partial charge on any atom is 0.164 e. The van der Waals surface area contributed by atoms with Gasteiger partial charge in [-0.3, -0.25) is 4.90 Å². The Kier molecular flexibility index (Phi) is 5.30. The zero-order valence-corrected chi connectivity index (χ0v) is 16.6. The smallest absolute Gasteiger partial charge is 0.164 e. The minimum Gasteiger partial charge on any atom is -0.496 e. The largest absolute Gasteiger partial charge is 0.496 e. The summed E-state index contributed by atoms with van der Waals surface area (Å²) in [6, 6.07) is 12.2. The lowest BCUT2D eigenvalue weighted by Gasteiger charge is -2.31. The maximum atomic E-state index is 5.76. The third-order valence-corrected chi connectivity index (χ3v) is 5.32. The number of hydrogen-bond donors (Lipinski definition) is 0. The summed E-state index contributed by atoms with van der Waals surface area (Å²) in [4.78, 5) is 2.43. The normalized spacial score (nSPS) is 17.0. The van der Waals surface area contributed by atoms with Crippen LogP contribution >= 0.6 is 0 Å². The zero-order valence-electron chi connectivity index (χ0n) is 16.6. The third kappa shape index (κ3) is 3.36. The summed E-state index contributed by atoms with van der Waals surface area (Å²) in [6.07, 6.45) is 4.93. The van der Waals surface area contributed by atoms with Crippen LogP contribution in [-0.4, -0.2) is 37.3 Å². The molecule has 148 valence electrons. The lowest BCUT2D eigenvalue weighted by atomic mass is 9.99. The van der Waals surface area contributed by atoms with Crippen molar-refractivity contribution < 1.29 is 18.6 Å². The van der Waals surface area contributed by atoms with Crippen LogP contribution in [0.3, 0.4) is 0 Å². The average Bonchev–Trinajstić information content (AvgIpc) is 3.37. The Labute approximate surface area is 165 Å². The van der Waals surface area contributed by atoms with Crippen LogP contribution in [0.1, 0.15) is 29.5 Å². The predicted octanol–water partition coefficient (Wildman–Crippen LogP) is 4.10. The summed E-state index contributed by atoms with van der Waals surface area (Å²) >= 11 is 0. The van der Waals surface area contributed by atoms with E-state index in [9.17, 15) is 0 Å². The van der Waals surface area contributed by atoms with Crippen molar-refractivity contribution in [3.05, 3.63) is 65.9 Å². The Morgan fingerprint density at radius 2 is 1.75 bits per heavy atom. The van der Waals surface area contributed by atoms with Crippen LogP contribution in [-0.2, 0) is 13.1 Å². The van der Waals surface area contributed by atoms with Crippen LogP contribution in [0.15, 0.2) is 53.3 Å². The van der Waals surface area contributed by atoms with E-state index in [1.54, 1.807) is 27.6 Å². The first kappa shape index (κ1) is 18.5. The molecule has 4 rings (SSSR count). The second kappa shape index (κ2) is 8.02. The number of fused-ring (bicyclic) bond motifs is 1. The number of nitrogens with zero attached hydrogens (tertiary/aromatic N) is 2. The van der Waals surface area contributed by atoms with Crippen LogP contribution < -0.4 is 14.2 Å². The van der Waals surface area contributed by atoms with Gasteiger partial charge in [0.1, 0.15) is 11.5 Å². The van der Waals surface area contributed by atoms with Crippen molar-refractivity contribution in [3.8, 4) is 17.2 Å². The van der Waals surface area contributed by atoms with Gasteiger partial charge in [0.25, 0.3) is 0 Å². The lowest BCUT2D eigenvalue weighted by Crippen LogP contribution is -2.29. The Hall–Kier alpha value is -2.86. The van der Waals surface area contributed by atoms with Gasteiger partial charge < -0.3 is 23.2 Å². The molecule has 3 heterocycles. The Morgan fingerprint density at radius 1 is 0.964 bits per heavy atom. The van der Waals surface area contributed by atoms with Crippen molar-refractivity contribution >= 4 is 0 Å². The number of aryl methyl sites for hydroxylation is 1. The van der Waals surface area contributed by atoms with Crippen LogP contribution in [0, 0.1) is 0 Å². The van der Waals surface area contributed by atoms with Gasteiger partial charge in [0.2, 0.25) is 0 Å². The molecule has 0 saturated carbocycles. The van der Waals surface area contributed by atoms with E-state index in [0.717, 1.165) is 43.1 Å². The van der Waals surface area contributed by atoms with E-state index in [0.29, 0.717) is 11.5 Å². The molecular formula is C22H26N2O4. The highest BCUT2D eigenvalue weighted by molar-refractivity contribution is 5.53. The Morgan fingerprint density at radius 3 is 2.46 bits per heavy atom. The summed E-state index contributed by atoms with van der Waals surface area (Å²) in [5.74, 6) is 3.08. The fourth-order valence-corrected chi connectivity index (χ4v) is 4.04. The van der Waals surface area contributed by atoms with Gasteiger partial charge in [0.15, 0.2) is 11.5 Å². The zero-order chi connectivity index (χ0) is 19.5. The first-order chi connectivity index (χ1) is 13.7. The van der Waals surface area contributed by atoms with Crippen LogP contribution in [0.5, 0.6) is 17.2 Å². The molecule has 0 fully saturated rings. The highest BCUT2D eigenvalue weighted by atomic mass is 16.5. The highest BCUT2D eigenvalue weighted by Gasteiger charge is 2.31. The van der Waals surface area contributed by atoms with E-state index < -0.39 is 0 Å². The van der Waals surface area contributed by atoms with E-state index in [2.05, 4.69) is 27.8 Å². The number of rotatable bonds is 6. The van der Waals surface area contributed by atoms with Crippen molar-refractivity contribution in [1.29, 1.82) is 0 Å². The molecule has 1 aliphatic rings. The Balaban J connectivity index is 1.85. The van der Waals surface area contributed by atoms with Crippen LogP contribution in [0.25, 0.3) is 0 Å². The number of aromatic nitrogens is 1. The van der Waals surface area contributed by atoms with Gasteiger partial charge >= 0.3 is 0 Å². The van der Waals surface area contributed by atoms with Crippen molar-refractivity contribution in [3.63, 3.8) is 0 Å². The van der Waals surface area contributed by atoms with Gasteiger partial charge in [-0.1, -0.05) is 0 Å². The molecule has 3 aromatic rings. The highest BCUT2D eigenvalue weighted by Crippen LogP contribution is 2.43. The van der Waals surface area contributed by atoms with E-state index in [-0.39, 0.29) is 6.04 Å². The number of benzene rings is 1. The van der Waals surface area contributed by atoms with Crippen molar-refractivity contribution in [2.75, 3.05) is 27.9 Å². The molecular weight excluding hydrogens is 356 g/mol. The number of hydrogen-bond acceptors (Lipinski definition) is 5. The van der Waals surface area contributed by atoms with E-state index >= 15 is 0 Å². The predicted molar refractivity (Wildman–Crippen MR) is 106 cm³/mol. The van der Waals surface area contributed by atoms with Crippen molar-refractivity contribution in [2.24, 2.45) is 0 Å². The molecule has 2 aromatic heterocycles. The van der Waals surface area contributed by atoms with E-state index in [4.69, 9.17) is 18.6 Å². The van der Waals surface area contributed by atoms with Gasteiger partial charge in [-0.15, -0.1) is 0 Å². The topological polar surface area (TPSA) is 49.0 Å². The summed E-state index contributed by atoms with van der Waals surface area (Å²) in [5, 5.41) is 0. The van der Waals surface area contributed by atoms with Crippen LogP contribution in [0.2, 0.25) is 0 Å². The summed E-state index contributed by atoms with van der Waals surface area (Å²) < 4.78 is 24.8. The van der Waals surface area contributed by atoms with Crippen LogP contribution in [0.4, 0.5) is 0 Å². The van der Waals surface area contributed by atoms with E-state index in [1.165, 1.54) is 5.69 Å². The molecule has 1 atom stereocenters. The molecule has 0 saturated heterocycles. The minimum absolute atomic E-state index is 0.0114. The molecule has 28 heavy (non-hydrogen) atoms. The average molecular weight is 382 g/mol. The number of furan rings is 1. The minimum atomic E-state index is 0.0114. The number of ether oxygens (including phenoxy) is 3. The van der Waals surface area contributed by atoms with Crippen molar-refractivity contribution in [1.82, 2.24) is 9.47 Å². The van der Waals surface area contributed by atoms with Crippen molar-refractivity contribution in [2.45, 2.75) is 25.6 Å². The second-order valence-corrected chi connectivity index (χ2v) is 6.88. The van der Waals surface area contributed by atoms with E-state index in [1.807, 2.05) is 24.3 Å². The second-order valence-electron chi connectivity index (χ2n) is 6.88. The molecule has 1 aromatic carbocycles. The fourth-order valence-electron chi connectivity index (χ4n) is 4.04. The van der Waals surface area contributed by atoms with Gasteiger partial charge in [-0.05, 0) is 36.8 Å². The number of methoxy groups -OCH3 is 3. The standard InChI is InChI=1S/C22H26N2O4/c1-25-19-14-21(27-3)20(26-2)13-17(19)22-18-8-4-9-23(18)10-6-11-24(22)15-16-7-5-12-28-16/h4-5,7-9,12-14,22H,6,10-11,15H2,1-3H3. The van der Waals surface area contributed by atoms with Gasteiger partial charge in [-0.2, -0.15) is 0 Å². The van der Waals surface area contributed by atoms with Gasteiger partial charge in [-0.25, -0.2) is 0 Å². The molecule has 6 nitrogen and oxygen atoms in total. The monoisotopic (exact) mass is 382 g/mol. The molecule has 0 amide bonds.